The van der Waals surface area contributed by atoms with Gasteiger partial charge in [-0.15, -0.1) is 0 Å². The molecule has 0 spiro atoms. The number of nitrogen functional groups attached to an aromatic ring is 1. The molecule has 1 aromatic heterocycles. The number of ether oxygens (including phenoxy) is 1. The summed E-state index contributed by atoms with van der Waals surface area (Å²) in [5, 5.41) is 9.30. The average molecular weight is 203 g/mol. The molecule has 0 radical (unpaired) electrons. The smallest absolute Gasteiger partial charge is 0.360 e. The van der Waals surface area contributed by atoms with Crippen molar-refractivity contribution in [3.05, 3.63) is 16.8 Å². The molecular formula is C7H7ClN2O3. The van der Waals surface area contributed by atoms with E-state index in [1.165, 1.54) is 7.11 Å². The van der Waals surface area contributed by atoms with Crippen LogP contribution in [-0.2, 0) is 4.74 Å². The van der Waals surface area contributed by atoms with Gasteiger partial charge < -0.3 is 15.6 Å². The van der Waals surface area contributed by atoms with Crippen molar-refractivity contribution in [1.29, 1.82) is 0 Å². The molecule has 0 bridgehead atoms. The lowest BCUT2D eigenvalue weighted by Crippen LogP contribution is -2.06. The fourth-order valence-electron chi connectivity index (χ4n) is 0.740. The van der Waals surface area contributed by atoms with Crippen molar-refractivity contribution in [2.45, 2.75) is 0 Å². The van der Waals surface area contributed by atoms with E-state index in [9.17, 15) is 9.90 Å². The van der Waals surface area contributed by atoms with E-state index in [0.29, 0.717) is 0 Å². The summed E-state index contributed by atoms with van der Waals surface area (Å²) in [6.45, 7) is 0. The lowest BCUT2D eigenvalue weighted by molar-refractivity contribution is 0.0590. The van der Waals surface area contributed by atoms with Gasteiger partial charge in [-0.1, -0.05) is 11.6 Å². The van der Waals surface area contributed by atoms with Crippen LogP contribution in [0.15, 0.2) is 6.07 Å². The molecule has 0 saturated heterocycles. The second-order valence-electron chi connectivity index (χ2n) is 2.21. The predicted molar refractivity (Wildman–Crippen MR) is 46.7 cm³/mol. The van der Waals surface area contributed by atoms with Gasteiger partial charge in [0, 0.05) is 6.07 Å². The molecule has 0 aromatic carbocycles. The number of nitrogens with two attached hydrogens (primary N) is 1. The van der Waals surface area contributed by atoms with Crippen LogP contribution in [0.2, 0.25) is 5.02 Å². The number of pyridine rings is 1. The van der Waals surface area contributed by atoms with Gasteiger partial charge in [0.05, 0.1) is 12.1 Å². The van der Waals surface area contributed by atoms with Crippen LogP contribution in [-0.4, -0.2) is 23.2 Å². The number of rotatable bonds is 1. The van der Waals surface area contributed by atoms with E-state index in [1.807, 2.05) is 0 Å². The highest BCUT2D eigenvalue weighted by molar-refractivity contribution is 6.33. The fraction of sp³-hybridized carbons (Fsp3) is 0.143. The summed E-state index contributed by atoms with van der Waals surface area (Å²) >= 11 is 5.53. The molecule has 6 heteroatoms. The zero-order chi connectivity index (χ0) is 10.0. The molecule has 70 valence electrons. The van der Waals surface area contributed by atoms with Gasteiger partial charge >= 0.3 is 5.97 Å². The summed E-state index contributed by atoms with van der Waals surface area (Å²) in [6, 6.07) is 1.14. The summed E-state index contributed by atoms with van der Waals surface area (Å²) in [6.07, 6.45) is 0. The molecule has 1 rings (SSSR count). The van der Waals surface area contributed by atoms with Crippen molar-refractivity contribution in [3.63, 3.8) is 0 Å². The van der Waals surface area contributed by atoms with Crippen molar-refractivity contribution in [2.24, 2.45) is 0 Å². The predicted octanol–water partition coefficient (Wildman–Crippen LogP) is 0.809. The molecule has 0 fully saturated rings. The third kappa shape index (κ3) is 1.81. The van der Waals surface area contributed by atoms with Gasteiger partial charge in [0.1, 0.15) is 11.6 Å². The van der Waals surface area contributed by atoms with Crippen molar-refractivity contribution in [3.8, 4) is 5.75 Å². The number of hydrogen-bond donors (Lipinski definition) is 2. The molecule has 0 aliphatic rings. The van der Waals surface area contributed by atoms with Crippen LogP contribution >= 0.6 is 11.6 Å². The van der Waals surface area contributed by atoms with Crippen molar-refractivity contribution in [1.82, 2.24) is 4.98 Å². The van der Waals surface area contributed by atoms with Gasteiger partial charge in [0.2, 0.25) is 0 Å². The molecule has 0 aliphatic heterocycles. The van der Waals surface area contributed by atoms with Gasteiger partial charge in [-0.05, 0) is 0 Å². The average Bonchev–Trinajstić information content (AvgIpc) is 2.10. The first-order valence-corrected chi connectivity index (χ1v) is 3.67. The Bertz CT molecular complexity index is 354. The second-order valence-corrected chi connectivity index (χ2v) is 2.62. The van der Waals surface area contributed by atoms with Gasteiger partial charge in [-0.25, -0.2) is 9.78 Å². The molecule has 0 aliphatic carbocycles. The Labute approximate surface area is 79.1 Å². The summed E-state index contributed by atoms with van der Waals surface area (Å²) in [5.74, 6) is -1.15. The van der Waals surface area contributed by atoms with Crippen molar-refractivity contribution in [2.75, 3.05) is 12.8 Å². The summed E-state index contributed by atoms with van der Waals surface area (Å²) in [4.78, 5) is 14.5. The molecule has 1 aromatic rings. The van der Waals surface area contributed by atoms with E-state index in [4.69, 9.17) is 17.3 Å². The van der Waals surface area contributed by atoms with E-state index in [-0.39, 0.29) is 22.3 Å². The lowest BCUT2D eigenvalue weighted by atomic mass is 10.3. The molecular weight excluding hydrogens is 196 g/mol. The maximum absolute atomic E-state index is 11.0. The SMILES string of the molecule is COC(=O)c1nc(N)c(Cl)cc1O. The van der Waals surface area contributed by atoms with E-state index in [2.05, 4.69) is 9.72 Å². The van der Waals surface area contributed by atoms with E-state index in [0.717, 1.165) is 6.07 Å². The van der Waals surface area contributed by atoms with Crippen LogP contribution in [0.4, 0.5) is 5.82 Å². The number of carbonyl (C=O) groups excluding carboxylic acids is 1. The van der Waals surface area contributed by atoms with Gasteiger partial charge in [0.15, 0.2) is 5.69 Å². The standard InChI is InChI=1S/C7H7ClN2O3/c1-13-7(12)5-4(11)2-3(8)6(9)10-5/h2,11H,1H3,(H2,9,10). The highest BCUT2D eigenvalue weighted by Gasteiger charge is 2.15. The van der Waals surface area contributed by atoms with Gasteiger partial charge in [-0.2, -0.15) is 0 Å². The minimum atomic E-state index is -0.763. The number of anilines is 1. The number of carbonyl (C=O) groups is 1. The summed E-state index contributed by atoms with van der Waals surface area (Å²) in [5.41, 5.74) is 5.07. The second kappa shape index (κ2) is 3.49. The summed E-state index contributed by atoms with van der Waals surface area (Å²) < 4.78 is 4.35. The Morgan fingerprint density at radius 1 is 1.77 bits per heavy atom. The zero-order valence-electron chi connectivity index (χ0n) is 6.74. The zero-order valence-corrected chi connectivity index (χ0v) is 7.50. The molecule has 0 atom stereocenters. The first-order valence-electron chi connectivity index (χ1n) is 3.29. The lowest BCUT2D eigenvalue weighted by Gasteiger charge is -2.03. The Morgan fingerprint density at radius 3 is 2.92 bits per heavy atom. The number of hydrogen-bond acceptors (Lipinski definition) is 5. The Balaban J connectivity index is 3.23. The monoisotopic (exact) mass is 202 g/mol. The van der Waals surface area contributed by atoms with Gasteiger partial charge in [0.25, 0.3) is 0 Å². The molecule has 13 heavy (non-hydrogen) atoms. The third-order valence-electron chi connectivity index (χ3n) is 1.36. The maximum Gasteiger partial charge on any atom is 0.360 e. The molecule has 0 unspecified atom stereocenters. The first kappa shape index (κ1) is 9.60. The molecule has 0 saturated carbocycles. The maximum atomic E-state index is 11.0. The number of aromatic nitrogens is 1. The van der Waals surface area contributed by atoms with Gasteiger partial charge in [-0.3, -0.25) is 0 Å². The minimum Gasteiger partial charge on any atom is -0.505 e. The Kier molecular flexibility index (Phi) is 2.57. The minimum absolute atomic E-state index is 0.0279. The Morgan fingerprint density at radius 2 is 2.38 bits per heavy atom. The van der Waals surface area contributed by atoms with Crippen molar-refractivity contribution < 1.29 is 14.6 Å². The molecule has 1 heterocycles. The topological polar surface area (TPSA) is 85.4 Å². The Hall–Kier alpha value is -1.49. The number of aromatic hydroxyl groups is 1. The summed E-state index contributed by atoms with van der Waals surface area (Å²) in [7, 11) is 1.17. The quantitative estimate of drug-likeness (QED) is 0.659. The molecule has 3 N–H and O–H groups in total. The highest BCUT2D eigenvalue weighted by Crippen LogP contribution is 2.24. The van der Waals surface area contributed by atoms with Crippen LogP contribution < -0.4 is 5.73 Å². The number of halogens is 1. The normalized spacial score (nSPS) is 9.69. The highest BCUT2D eigenvalue weighted by atomic mass is 35.5. The number of nitrogens with zero attached hydrogens (tertiary/aromatic N) is 1. The number of methoxy groups -OCH3 is 1. The number of esters is 1. The molecule has 5 nitrogen and oxygen atoms in total. The van der Waals surface area contributed by atoms with E-state index < -0.39 is 5.97 Å². The van der Waals surface area contributed by atoms with Crippen LogP contribution in [0, 0.1) is 0 Å². The third-order valence-corrected chi connectivity index (χ3v) is 1.66. The van der Waals surface area contributed by atoms with E-state index >= 15 is 0 Å². The van der Waals surface area contributed by atoms with Crippen molar-refractivity contribution >= 4 is 23.4 Å². The van der Waals surface area contributed by atoms with E-state index in [1.54, 1.807) is 0 Å². The van der Waals surface area contributed by atoms with Crippen LogP contribution in [0.5, 0.6) is 5.75 Å². The fourth-order valence-corrected chi connectivity index (χ4v) is 0.886. The first-order chi connectivity index (χ1) is 6.06. The molecule has 0 amide bonds. The van der Waals surface area contributed by atoms with Crippen LogP contribution in [0.3, 0.4) is 0 Å². The van der Waals surface area contributed by atoms with Crippen LogP contribution in [0.25, 0.3) is 0 Å². The van der Waals surface area contributed by atoms with Crippen LogP contribution in [0.1, 0.15) is 10.5 Å². The largest absolute Gasteiger partial charge is 0.505 e.